The van der Waals surface area contributed by atoms with Gasteiger partial charge >= 0.3 is 0 Å². The van der Waals surface area contributed by atoms with Crippen molar-refractivity contribution >= 4 is 60.9 Å². The highest BCUT2D eigenvalue weighted by molar-refractivity contribution is 6.21. The summed E-state index contributed by atoms with van der Waals surface area (Å²) in [7, 11) is 0. The predicted octanol–water partition coefficient (Wildman–Crippen LogP) is 23.3. The van der Waals surface area contributed by atoms with Crippen molar-refractivity contribution in [1.82, 2.24) is 0 Å². The van der Waals surface area contributed by atoms with Gasteiger partial charge in [-0.3, -0.25) is 0 Å². The summed E-state index contributed by atoms with van der Waals surface area (Å²) >= 11 is 0. The fourth-order valence-electron chi connectivity index (χ4n) is 15.3. The minimum atomic E-state index is -0.442. The molecule has 3 aliphatic carbocycles. The van der Waals surface area contributed by atoms with E-state index in [1.54, 1.807) is 0 Å². The van der Waals surface area contributed by atoms with Gasteiger partial charge in [-0.1, -0.05) is 206 Å². The van der Waals surface area contributed by atoms with Crippen molar-refractivity contribution in [2.45, 2.75) is 104 Å². The van der Waals surface area contributed by atoms with Crippen LogP contribution in [0.4, 0.5) is 17.1 Å². The molecule has 2 heterocycles. The summed E-state index contributed by atoms with van der Waals surface area (Å²) in [5.41, 5.74) is 32.6. The molecule has 0 atom stereocenters. The van der Waals surface area contributed by atoms with Crippen LogP contribution in [0.5, 0.6) is 0 Å². The molecule has 1 fully saturated rings. The molecule has 0 amide bonds. The Bertz CT molecular complexity index is 4940. The topological polar surface area (TPSA) is 29.5 Å². The molecule has 13 aromatic rings. The third kappa shape index (κ3) is 7.51. The van der Waals surface area contributed by atoms with Crippen LogP contribution in [0, 0.1) is 20.8 Å². The first-order valence-electron chi connectivity index (χ1n) is 30.6. The molecule has 0 bridgehead atoms. The SMILES string of the molecule is Cc1ccccc1-c1c(C)c(N(c2ccc(C(C)(C)C)cc2)c2cc3c(c(-c4ccccc4C4CC4)c2C)-c2c(cc(-c4ccccc4)c4c2oc2ccccc24)C3(C)C)cc2c1-c1c(cc(-c3ccccc3)c3c1oc1ccccc13)C2(C)C. The zero-order valence-corrected chi connectivity index (χ0v) is 50.4. The third-order valence-corrected chi connectivity index (χ3v) is 19.9. The molecule has 85 heavy (non-hydrogen) atoms. The van der Waals surface area contributed by atoms with Gasteiger partial charge in [0, 0.05) is 49.2 Å². The van der Waals surface area contributed by atoms with E-state index in [1.165, 1.54) is 141 Å². The standard InChI is InChI=1S/C82H69NO2/c1-47-25-17-18-30-55(47)70-48(2)66(45-64-74(70)76-62(81(64,7)8)43-60(50-26-13-11-14-27-50)72-58-33-21-23-35-68(58)84-78(72)76)83(54-41-39-53(40-42-54)80(4,5)6)67-46-65-75(71(49(67)3)57-32-20-19-31-56(57)52-37-38-52)77-63(82(65,9)10)44-61(51-28-15-12-16-29-51)73-59-34-22-24-36-69(59)85-79(73)77/h11-36,39-46,52H,37-38H2,1-10H3. The molecule has 0 saturated heterocycles. The normalized spacial score (nSPS) is 14.8. The summed E-state index contributed by atoms with van der Waals surface area (Å²) in [4.78, 5) is 2.65. The van der Waals surface area contributed by atoms with E-state index in [2.05, 4.69) is 280 Å². The number of para-hydroxylation sites is 2. The lowest BCUT2D eigenvalue weighted by Gasteiger charge is -2.35. The van der Waals surface area contributed by atoms with E-state index in [4.69, 9.17) is 8.83 Å². The molecule has 0 spiro atoms. The maximum absolute atomic E-state index is 7.31. The third-order valence-electron chi connectivity index (χ3n) is 19.9. The Morgan fingerprint density at radius 2 is 0.835 bits per heavy atom. The van der Waals surface area contributed by atoms with Gasteiger partial charge in [0.05, 0.1) is 11.4 Å². The van der Waals surface area contributed by atoms with E-state index in [9.17, 15) is 0 Å². The van der Waals surface area contributed by atoms with Crippen LogP contribution in [0.3, 0.4) is 0 Å². The summed E-state index contributed by atoms with van der Waals surface area (Å²) in [6.45, 7) is 23.8. The van der Waals surface area contributed by atoms with Gasteiger partial charge in [-0.25, -0.2) is 0 Å². The van der Waals surface area contributed by atoms with Gasteiger partial charge in [0.25, 0.3) is 0 Å². The van der Waals surface area contributed by atoms with Gasteiger partial charge < -0.3 is 13.7 Å². The van der Waals surface area contributed by atoms with Crippen molar-refractivity contribution in [3.8, 4) is 66.8 Å². The molecule has 11 aromatic carbocycles. The number of nitrogens with zero attached hydrogens (tertiary/aromatic N) is 1. The summed E-state index contributed by atoms with van der Waals surface area (Å²) < 4.78 is 14.6. The van der Waals surface area contributed by atoms with Crippen LogP contribution in [0.25, 0.3) is 111 Å². The number of rotatable bonds is 8. The Morgan fingerprint density at radius 3 is 1.32 bits per heavy atom. The van der Waals surface area contributed by atoms with Crippen molar-refractivity contribution in [1.29, 1.82) is 0 Å². The molecule has 2 aromatic heterocycles. The molecule has 3 nitrogen and oxygen atoms in total. The van der Waals surface area contributed by atoms with Crippen molar-refractivity contribution < 1.29 is 8.83 Å². The second-order valence-corrected chi connectivity index (χ2v) is 26.7. The molecule has 3 heteroatoms. The molecule has 0 N–H and O–H groups in total. The Kier molecular flexibility index (Phi) is 11.1. The number of anilines is 3. The Labute approximate surface area is 499 Å². The van der Waals surface area contributed by atoms with Crippen LogP contribution in [-0.4, -0.2) is 0 Å². The maximum atomic E-state index is 7.31. The minimum absolute atomic E-state index is 0.0409. The van der Waals surface area contributed by atoms with Crippen LogP contribution >= 0.6 is 0 Å². The number of benzene rings is 11. The largest absolute Gasteiger partial charge is 0.455 e. The molecule has 1 saturated carbocycles. The summed E-state index contributed by atoms with van der Waals surface area (Å²) in [6.07, 6.45) is 2.39. The van der Waals surface area contributed by atoms with E-state index in [0.29, 0.717) is 5.92 Å². The highest BCUT2D eigenvalue weighted by Crippen LogP contribution is 2.64. The van der Waals surface area contributed by atoms with Crippen molar-refractivity contribution in [3.05, 3.63) is 256 Å². The van der Waals surface area contributed by atoms with E-state index in [0.717, 1.165) is 49.9 Å². The lowest BCUT2D eigenvalue weighted by molar-refractivity contribution is 0.590. The van der Waals surface area contributed by atoms with E-state index >= 15 is 0 Å². The second kappa shape index (κ2) is 18.4. The molecule has 414 valence electrons. The van der Waals surface area contributed by atoms with Crippen LogP contribution in [-0.2, 0) is 16.2 Å². The highest BCUT2D eigenvalue weighted by Gasteiger charge is 2.45. The first-order chi connectivity index (χ1) is 41.1. The fraction of sp³-hybridized carbons (Fsp3) is 0.195. The number of aryl methyl sites for hydroxylation is 1. The zero-order chi connectivity index (χ0) is 58.0. The van der Waals surface area contributed by atoms with Crippen LogP contribution in [0.2, 0.25) is 0 Å². The second-order valence-electron chi connectivity index (χ2n) is 26.7. The summed E-state index contributed by atoms with van der Waals surface area (Å²) in [5, 5.41) is 4.61. The van der Waals surface area contributed by atoms with Gasteiger partial charge in [0.1, 0.15) is 22.3 Å². The van der Waals surface area contributed by atoms with Gasteiger partial charge in [-0.15, -0.1) is 0 Å². The maximum Gasteiger partial charge on any atom is 0.144 e. The number of furan rings is 2. The van der Waals surface area contributed by atoms with E-state index in [1.807, 2.05) is 0 Å². The average molecular weight is 1100 g/mol. The number of hydrogen-bond acceptors (Lipinski definition) is 3. The Hall–Kier alpha value is -9.18. The van der Waals surface area contributed by atoms with Gasteiger partial charge in [-0.2, -0.15) is 0 Å². The highest BCUT2D eigenvalue weighted by atomic mass is 16.3. The van der Waals surface area contributed by atoms with Crippen molar-refractivity contribution in [3.63, 3.8) is 0 Å². The monoisotopic (exact) mass is 1100 g/mol. The van der Waals surface area contributed by atoms with Gasteiger partial charge in [0.15, 0.2) is 0 Å². The van der Waals surface area contributed by atoms with Crippen molar-refractivity contribution in [2.75, 3.05) is 4.90 Å². The van der Waals surface area contributed by atoms with Crippen LogP contribution in [0.1, 0.15) is 117 Å². The first kappa shape index (κ1) is 51.5. The van der Waals surface area contributed by atoms with Crippen LogP contribution in [0.15, 0.2) is 215 Å². The first-order valence-corrected chi connectivity index (χ1v) is 30.6. The molecular formula is C82H69NO2. The van der Waals surface area contributed by atoms with Gasteiger partial charge in [-0.05, 0) is 199 Å². The lowest BCUT2D eigenvalue weighted by atomic mass is 9.78. The van der Waals surface area contributed by atoms with Gasteiger partial charge in [0.2, 0.25) is 0 Å². The minimum Gasteiger partial charge on any atom is -0.455 e. The predicted molar refractivity (Wildman–Crippen MR) is 357 cm³/mol. The zero-order valence-electron chi connectivity index (χ0n) is 50.4. The van der Waals surface area contributed by atoms with E-state index in [-0.39, 0.29) is 5.41 Å². The number of hydrogen-bond donors (Lipinski definition) is 0. The molecule has 16 rings (SSSR count). The molecule has 0 radical (unpaired) electrons. The summed E-state index contributed by atoms with van der Waals surface area (Å²) in [5.74, 6) is 0.511. The average Bonchev–Trinajstić information content (AvgIpc) is 1.70. The molecule has 0 unspecified atom stereocenters. The van der Waals surface area contributed by atoms with Crippen LogP contribution < -0.4 is 4.90 Å². The quantitative estimate of drug-likeness (QED) is 0.152. The smallest absolute Gasteiger partial charge is 0.144 e. The Morgan fingerprint density at radius 1 is 0.412 bits per heavy atom. The fourth-order valence-corrected chi connectivity index (χ4v) is 15.3. The molecule has 3 aliphatic rings. The van der Waals surface area contributed by atoms with Crippen molar-refractivity contribution in [2.24, 2.45) is 0 Å². The Balaban J connectivity index is 1.04. The lowest BCUT2D eigenvalue weighted by Crippen LogP contribution is -2.20. The molecular weight excluding hydrogens is 1030 g/mol. The number of fused-ring (bicyclic) bond motifs is 14. The summed E-state index contributed by atoms with van der Waals surface area (Å²) in [6, 6.07) is 77.2. The molecule has 0 aliphatic heterocycles. The van der Waals surface area contributed by atoms with E-state index < -0.39 is 10.8 Å².